The number of aryl methyl sites for hydroxylation is 2. The van der Waals surface area contributed by atoms with E-state index in [2.05, 4.69) is 10.3 Å². The minimum atomic E-state index is -0.0932. The molecule has 2 rings (SSSR count). The van der Waals surface area contributed by atoms with Gasteiger partial charge in [-0.25, -0.2) is 4.98 Å². The Hall–Kier alpha value is -1.68. The van der Waals surface area contributed by atoms with Crippen LogP contribution in [-0.2, 0) is 0 Å². The molecule has 0 aliphatic carbocycles. The summed E-state index contributed by atoms with van der Waals surface area (Å²) in [6.07, 6.45) is 1.61. The second kappa shape index (κ2) is 4.67. The number of amides is 1. The number of aromatic nitrogens is 1. The lowest BCUT2D eigenvalue weighted by Crippen LogP contribution is -2.11. The number of nitrogens with one attached hydrogen (secondary N) is 1. The van der Waals surface area contributed by atoms with Gasteiger partial charge in [-0.1, -0.05) is 12.1 Å². The number of thiazole rings is 1. The van der Waals surface area contributed by atoms with Crippen molar-refractivity contribution in [2.45, 2.75) is 20.8 Å². The predicted molar refractivity (Wildman–Crippen MR) is 70.7 cm³/mol. The van der Waals surface area contributed by atoms with Crippen molar-refractivity contribution < 1.29 is 4.79 Å². The highest BCUT2D eigenvalue weighted by Gasteiger charge is 2.10. The average molecular weight is 246 g/mol. The van der Waals surface area contributed by atoms with Gasteiger partial charge in [0, 0.05) is 5.69 Å². The third-order valence-corrected chi connectivity index (χ3v) is 3.61. The van der Waals surface area contributed by atoms with Gasteiger partial charge in [0.25, 0.3) is 5.91 Å². The van der Waals surface area contributed by atoms with Crippen LogP contribution in [0.4, 0.5) is 5.69 Å². The summed E-state index contributed by atoms with van der Waals surface area (Å²) in [7, 11) is 0. The van der Waals surface area contributed by atoms with Crippen LogP contribution in [0.15, 0.2) is 24.4 Å². The minimum Gasteiger partial charge on any atom is -0.321 e. The van der Waals surface area contributed by atoms with E-state index in [4.69, 9.17) is 0 Å². The van der Waals surface area contributed by atoms with Gasteiger partial charge in [-0.3, -0.25) is 4.79 Å². The maximum absolute atomic E-state index is 12.0. The second-order valence-corrected chi connectivity index (χ2v) is 5.18. The van der Waals surface area contributed by atoms with Crippen molar-refractivity contribution in [1.29, 1.82) is 0 Å². The molecule has 0 aliphatic rings. The molecule has 0 saturated carbocycles. The fraction of sp³-hybridized carbons (Fsp3) is 0.231. The molecule has 0 spiro atoms. The lowest BCUT2D eigenvalue weighted by atomic mass is 10.1. The van der Waals surface area contributed by atoms with Crippen LogP contribution in [0.3, 0.4) is 0 Å². The monoisotopic (exact) mass is 246 g/mol. The maximum Gasteiger partial charge on any atom is 0.267 e. The molecule has 0 unspecified atom stereocenters. The van der Waals surface area contributed by atoms with Gasteiger partial charge in [-0.2, -0.15) is 0 Å². The molecule has 4 heteroatoms. The number of carbonyl (C=O) groups excluding carboxylic acids is 1. The Morgan fingerprint density at radius 2 is 2.06 bits per heavy atom. The molecule has 0 aliphatic heterocycles. The third kappa shape index (κ3) is 2.53. The molecule has 3 nitrogen and oxygen atoms in total. The Labute approximate surface area is 105 Å². The summed E-state index contributed by atoms with van der Waals surface area (Å²) in [4.78, 5) is 16.7. The molecule has 1 heterocycles. The fourth-order valence-electron chi connectivity index (χ4n) is 1.54. The van der Waals surface area contributed by atoms with Gasteiger partial charge in [-0.05, 0) is 38.0 Å². The highest BCUT2D eigenvalue weighted by atomic mass is 32.1. The second-order valence-electron chi connectivity index (χ2n) is 3.95. The first kappa shape index (κ1) is 11.8. The Morgan fingerprint density at radius 3 is 2.71 bits per heavy atom. The Morgan fingerprint density at radius 1 is 1.29 bits per heavy atom. The normalized spacial score (nSPS) is 10.3. The van der Waals surface area contributed by atoms with Crippen LogP contribution in [0.2, 0.25) is 0 Å². The van der Waals surface area contributed by atoms with E-state index in [0.29, 0.717) is 4.88 Å². The molecule has 17 heavy (non-hydrogen) atoms. The Bertz CT molecular complexity index is 560. The van der Waals surface area contributed by atoms with Gasteiger partial charge in [-0.15, -0.1) is 11.3 Å². The number of hydrogen-bond donors (Lipinski definition) is 1. The van der Waals surface area contributed by atoms with E-state index in [1.165, 1.54) is 16.9 Å². The highest BCUT2D eigenvalue weighted by molar-refractivity contribution is 7.13. The van der Waals surface area contributed by atoms with Crippen molar-refractivity contribution in [3.63, 3.8) is 0 Å². The number of benzene rings is 1. The van der Waals surface area contributed by atoms with Gasteiger partial charge in [0.1, 0.15) is 4.88 Å². The summed E-state index contributed by atoms with van der Waals surface area (Å²) < 4.78 is 0. The molecule has 0 fully saturated rings. The summed E-state index contributed by atoms with van der Waals surface area (Å²) in [5.74, 6) is -0.0932. The van der Waals surface area contributed by atoms with Gasteiger partial charge in [0.05, 0.1) is 11.2 Å². The van der Waals surface area contributed by atoms with Gasteiger partial charge in [0.15, 0.2) is 0 Å². The van der Waals surface area contributed by atoms with Crippen LogP contribution in [-0.4, -0.2) is 10.9 Å². The first-order chi connectivity index (χ1) is 8.08. The molecule has 0 saturated heterocycles. The summed E-state index contributed by atoms with van der Waals surface area (Å²) >= 11 is 1.40. The molecule has 1 aromatic carbocycles. The van der Waals surface area contributed by atoms with E-state index in [9.17, 15) is 4.79 Å². The molecule has 2 aromatic rings. The zero-order valence-electron chi connectivity index (χ0n) is 10.1. The van der Waals surface area contributed by atoms with Crippen LogP contribution in [0, 0.1) is 20.8 Å². The number of nitrogens with zero attached hydrogens (tertiary/aromatic N) is 1. The summed E-state index contributed by atoms with van der Waals surface area (Å²) in [5.41, 5.74) is 3.13. The summed E-state index contributed by atoms with van der Waals surface area (Å²) in [6.45, 7) is 5.92. The van der Waals surface area contributed by atoms with E-state index in [1.807, 2.05) is 39.0 Å². The van der Waals surface area contributed by atoms with E-state index in [0.717, 1.165) is 16.3 Å². The minimum absolute atomic E-state index is 0.0932. The molecule has 88 valence electrons. The molecule has 0 radical (unpaired) electrons. The lowest BCUT2D eigenvalue weighted by molar-refractivity contribution is 0.103. The van der Waals surface area contributed by atoms with E-state index in [-0.39, 0.29) is 5.91 Å². The molecule has 0 atom stereocenters. The molecule has 0 bridgehead atoms. The first-order valence-corrected chi connectivity index (χ1v) is 6.19. The number of hydrogen-bond acceptors (Lipinski definition) is 3. The molecule has 1 N–H and O–H groups in total. The Balaban J connectivity index is 2.21. The standard InChI is InChI=1S/C13H14N2OS/c1-8-5-4-6-11(9(8)2)15-13(16)12-7-14-10(3)17-12/h4-7H,1-3H3,(H,15,16). The average Bonchev–Trinajstić information content (AvgIpc) is 2.72. The largest absolute Gasteiger partial charge is 0.321 e. The Kier molecular flexibility index (Phi) is 3.24. The zero-order valence-corrected chi connectivity index (χ0v) is 10.9. The number of rotatable bonds is 2. The zero-order chi connectivity index (χ0) is 12.4. The van der Waals surface area contributed by atoms with Gasteiger partial charge in [0.2, 0.25) is 0 Å². The van der Waals surface area contributed by atoms with E-state index >= 15 is 0 Å². The van der Waals surface area contributed by atoms with Crippen molar-refractivity contribution in [3.8, 4) is 0 Å². The quantitative estimate of drug-likeness (QED) is 0.883. The van der Waals surface area contributed by atoms with Crippen molar-refractivity contribution >= 4 is 22.9 Å². The SMILES string of the molecule is Cc1ncc(C(=O)Nc2cccc(C)c2C)s1. The van der Waals surface area contributed by atoms with Crippen LogP contribution in [0.5, 0.6) is 0 Å². The maximum atomic E-state index is 12.0. The van der Waals surface area contributed by atoms with Gasteiger partial charge < -0.3 is 5.32 Å². The number of carbonyl (C=O) groups is 1. The van der Waals surface area contributed by atoms with E-state index < -0.39 is 0 Å². The van der Waals surface area contributed by atoms with Crippen LogP contribution in [0.1, 0.15) is 25.8 Å². The molecule has 1 amide bonds. The smallest absolute Gasteiger partial charge is 0.267 e. The topological polar surface area (TPSA) is 42.0 Å². The van der Waals surface area contributed by atoms with Crippen LogP contribution in [0.25, 0.3) is 0 Å². The number of anilines is 1. The first-order valence-electron chi connectivity index (χ1n) is 5.38. The summed E-state index contributed by atoms with van der Waals surface area (Å²) in [6, 6.07) is 5.88. The lowest BCUT2D eigenvalue weighted by Gasteiger charge is -2.09. The van der Waals surface area contributed by atoms with E-state index in [1.54, 1.807) is 6.20 Å². The van der Waals surface area contributed by atoms with Crippen molar-refractivity contribution in [2.24, 2.45) is 0 Å². The van der Waals surface area contributed by atoms with Gasteiger partial charge >= 0.3 is 0 Å². The van der Waals surface area contributed by atoms with Crippen molar-refractivity contribution in [1.82, 2.24) is 4.98 Å². The van der Waals surface area contributed by atoms with Crippen LogP contribution < -0.4 is 5.32 Å². The van der Waals surface area contributed by atoms with Crippen molar-refractivity contribution in [3.05, 3.63) is 45.4 Å². The third-order valence-electron chi connectivity index (χ3n) is 2.70. The predicted octanol–water partition coefficient (Wildman–Crippen LogP) is 3.32. The fourth-order valence-corrected chi connectivity index (χ4v) is 2.21. The highest BCUT2D eigenvalue weighted by Crippen LogP contribution is 2.20. The molecular formula is C13H14N2OS. The molecule has 1 aromatic heterocycles. The van der Waals surface area contributed by atoms with Crippen LogP contribution >= 0.6 is 11.3 Å². The molecular weight excluding hydrogens is 232 g/mol. The summed E-state index contributed by atoms with van der Waals surface area (Å²) in [5, 5.41) is 3.81. The van der Waals surface area contributed by atoms with Crippen molar-refractivity contribution in [2.75, 3.05) is 5.32 Å².